The zero-order valence-electron chi connectivity index (χ0n) is 7.96. The molecule has 0 saturated heterocycles. The van der Waals surface area contributed by atoms with Gasteiger partial charge in [0, 0.05) is 6.08 Å². The van der Waals surface area contributed by atoms with Crippen molar-refractivity contribution in [3.8, 4) is 0 Å². The fraction of sp³-hybridized carbons (Fsp3) is 0.500. The second kappa shape index (κ2) is 4.75. The second-order valence-corrected chi connectivity index (χ2v) is 3.34. The molecule has 0 aliphatic rings. The van der Waals surface area contributed by atoms with Gasteiger partial charge in [0.1, 0.15) is 0 Å². The van der Waals surface area contributed by atoms with E-state index in [1.54, 1.807) is 0 Å². The summed E-state index contributed by atoms with van der Waals surface area (Å²) in [6, 6.07) is 0. The molecule has 0 N–H and O–H groups in total. The molecule has 0 saturated carbocycles. The van der Waals surface area contributed by atoms with Gasteiger partial charge in [0.15, 0.2) is 0 Å². The van der Waals surface area contributed by atoms with E-state index in [0.29, 0.717) is 0 Å². The lowest BCUT2D eigenvalue weighted by Crippen LogP contribution is -2.06. The average molecular weight is 168 g/mol. The number of esters is 1. The topological polar surface area (TPSA) is 26.3 Å². The number of hydrogen-bond donors (Lipinski definition) is 0. The molecular formula is C10H16O2. The van der Waals surface area contributed by atoms with Crippen LogP contribution in [0, 0.1) is 5.41 Å². The molecule has 2 nitrogen and oxygen atoms in total. The van der Waals surface area contributed by atoms with Gasteiger partial charge >= 0.3 is 5.97 Å². The number of allylic oxidation sites excluding steroid dienone is 2. The number of carbonyl (C=O) groups excluding carboxylic acids is 1. The van der Waals surface area contributed by atoms with E-state index < -0.39 is 0 Å². The minimum absolute atomic E-state index is 0.0179. The van der Waals surface area contributed by atoms with Crippen molar-refractivity contribution in [1.29, 1.82) is 0 Å². The molecule has 0 unspecified atom stereocenters. The first-order valence-corrected chi connectivity index (χ1v) is 3.90. The molecule has 0 radical (unpaired) electrons. The van der Waals surface area contributed by atoms with E-state index in [-0.39, 0.29) is 11.4 Å². The number of rotatable bonds is 4. The molecule has 0 aromatic carbocycles. The fourth-order valence-electron chi connectivity index (χ4n) is 0.802. The van der Waals surface area contributed by atoms with Crippen LogP contribution in [0.1, 0.15) is 20.3 Å². The smallest absolute Gasteiger partial charge is 0.330 e. The maximum absolute atomic E-state index is 10.7. The molecule has 0 aliphatic heterocycles. The van der Waals surface area contributed by atoms with Crippen LogP contribution in [0.5, 0.6) is 0 Å². The Morgan fingerprint density at radius 1 is 1.58 bits per heavy atom. The Labute approximate surface area is 73.9 Å². The molecule has 0 atom stereocenters. The van der Waals surface area contributed by atoms with E-state index in [0.717, 1.165) is 6.42 Å². The number of ether oxygens (including phenoxy) is 1. The Hall–Kier alpha value is -1.05. The van der Waals surface area contributed by atoms with Gasteiger partial charge in [0.2, 0.25) is 0 Å². The van der Waals surface area contributed by atoms with Crippen LogP contribution in [-0.2, 0) is 9.53 Å². The summed E-state index contributed by atoms with van der Waals surface area (Å²) in [5.74, 6) is -0.313. The third kappa shape index (κ3) is 4.72. The van der Waals surface area contributed by atoms with Crippen LogP contribution < -0.4 is 0 Å². The monoisotopic (exact) mass is 168 g/mol. The zero-order chi connectivity index (χ0) is 9.61. The maximum Gasteiger partial charge on any atom is 0.330 e. The van der Waals surface area contributed by atoms with Crippen molar-refractivity contribution in [3.05, 3.63) is 24.8 Å². The van der Waals surface area contributed by atoms with E-state index in [2.05, 4.69) is 11.3 Å². The van der Waals surface area contributed by atoms with Gasteiger partial charge < -0.3 is 4.74 Å². The average Bonchev–Trinajstić information content (AvgIpc) is 2.00. The molecule has 0 aliphatic carbocycles. The lowest BCUT2D eigenvalue weighted by molar-refractivity contribution is -0.134. The van der Waals surface area contributed by atoms with E-state index in [1.165, 1.54) is 13.2 Å². The summed E-state index contributed by atoms with van der Waals surface area (Å²) < 4.78 is 4.47. The Morgan fingerprint density at radius 2 is 2.17 bits per heavy atom. The standard InChI is InChI=1S/C10H16O2/c1-5-7-10(2,3)8-6-9(11)12-4/h5-6,8H,1,7H2,2-4H3/b8-6+. The molecule has 0 rings (SSSR count). The number of methoxy groups -OCH3 is 1. The summed E-state index contributed by atoms with van der Waals surface area (Å²) in [5.41, 5.74) is -0.0179. The molecular weight excluding hydrogens is 152 g/mol. The Balaban J connectivity index is 4.11. The molecule has 0 aromatic heterocycles. The van der Waals surface area contributed by atoms with E-state index >= 15 is 0 Å². The first-order valence-electron chi connectivity index (χ1n) is 3.90. The summed E-state index contributed by atoms with van der Waals surface area (Å²) in [6.07, 6.45) is 5.96. The first-order chi connectivity index (χ1) is 5.52. The Morgan fingerprint density at radius 3 is 2.58 bits per heavy atom. The van der Waals surface area contributed by atoms with Gasteiger partial charge in [-0.05, 0) is 11.8 Å². The van der Waals surface area contributed by atoms with Gasteiger partial charge in [-0.1, -0.05) is 26.0 Å². The van der Waals surface area contributed by atoms with Crippen LogP contribution >= 0.6 is 0 Å². The maximum atomic E-state index is 10.7. The van der Waals surface area contributed by atoms with Gasteiger partial charge in [0.05, 0.1) is 7.11 Å². The normalized spacial score (nSPS) is 11.6. The molecule has 0 fully saturated rings. The minimum Gasteiger partial charge on any atom is -0.466 e. The summed E-state index contributed by atoms with van der Waals surface area (Å²) in [5, 5.41) is 0. The Kier molecular flexibility index (Phi) is 4.34. The molecule has 12 heavy (non-hydrogen) atoms. The summed E-state index contributed by atoms with van der Waals surface area (Å²) in [7, 11) is 1.37. The minimum atomic E-state index is -0.313. The number of hydrogen-bond acceptors (Lipinski definition) is 2. The van der Waals surface area contributed by atoms with Crippen molar-refractivity contribution >= 4 is 5.97 Å². The van der Waals surface area contributed by atoms with Crippen LogP contribution in [0.15, 0.2) is 24.8 Å². The van der Waals surface area contributed by atoms with Crippen molar-refractivity contribution in [2.24, 2.45) is 5.41 Å². The predicted octanol–water partition coefficient (Wildman–Crippen LogP) is 2.32. The third-order valence-electron chi connectivity index (χ3n) is 1.54. The summed E-state index contributed by atoms with van der Waals surface area (Å²) >= 11 is 0. The van der Waals surface area contributed by atoms with E-state index in [9.17, 15) is 4.79 Å². The predicted molar refractivity (Wildman–Crippen MR) is 49.8 cm³/mol. The molecule has 0 aromatic rings. The SMILES string of the molecule is C=CCC(C)(C)/C=C/C(=O)OC. The van der Waals surface area contributed by atoms with Crippen molar-refractivity contribution in [3.63, 3.8) is 0 Å². The van der Waals surface area contributed by atoms with E-state index in [4.69, 9.17) is 0 Å². The zero-order valence-corrected chi connectivity index (χ0v) is 7.96. The fourth-order valence-corrected chi connectivity index (χ4v) is 0.802. The highest BCUT2D eigenvalue weighted by Gasteiger charge is 2.11. The molecule has 68 valence electrons. The molecule has 0 amide bonds. The summed E-state index contributed by atoms with van der Waals surface area (Å²) in [6.45, 7) is 7.71. The van der Waals surface area contributed by atoms with Crippen LogP contribution in [0.4, 0.5) is 0 Å². The van der Waals surface area contributed by atoms with Crippen LogP contribution in [0.3, 0.4) is 0 Å². The third-order valence-corrected chi connectivity index (χ3v) is 1.54. The molecule has 0 heterocycles. The van der Waals surface area contributed by atoms with Gasteiger partial charge in [-0.2, -0.15) is 0 Å². The molecule has 2 heteroatoms. The van der Waals surface area contributed by atoms with Crippen molar-refractivity contribution in [2.75, 3.05) is 7.11 Å². The highest BCUT2D eigenvalue weighted by atomic mass is 16.5. The second-order valence-electron chi connectivity index (χ2n) is 3.34. The van der Waals surface area contributed by atoms with E-state index in [1.807, 2.05) is 26.0 Å². The van der Waals surface area contributed by atoms with Crippen LogP contribution in [0.2, 0.25) is 0 Å². The lowest BCUT2D eigenvalue weighted by Gasteiger charge is -2.16. The lowest BCUT2D eigenvalue weighted by atomic mass is 9.89. The van der Waals surface area contributed by atoms with Crippen LogP contribution in [-0.4, -0.2) is 13.1 Å². The van der Waals surface area contributed by atoms with Crippen LogP contribution in [0.25, 0.3) is 0 Å². The number of carbonyl (C=O) groups is 1. The van der Waals surface area contributed by atoms with Crippen molar-refractivity contribution < 1.29 is 9.53 Å². The van der Waals surface area contributed by atoms with Crippen molar-refractivity contribution in [2.45, 2.75) is 20.3 Å². The van der Waals surface area contributed by atoms with Crippen molar-refractivity contribution in [1.82, 2.24) is 0 Å². The highest BCUT2D eigenvalue weighted by Crippen LogP contribution is 2.21. The van der Waals surface area contributed by atoms with Gasteiger partial charge in [-0.25, -0.2) is 4.79 Å². The highest BCUT2D eigenvalue weighted by molar-refractivity contribution is 5.81. The Bertz CT molecular complexity index is 190. The van der Waals surface area contributed by atoms with Gasteiger partial charge in [-0.3, -0.25) is 0 Å². The van der Waals surface area contributed by atoms with Gasteiger partial charge in [0.25, 0.3) is 0 Å². The first kappa shape index (κ1) is 11.0. The molecule has 0 bridgehead atoms. The quantitative estimate of drug-likeness (QED) is 0.366. The largest absolute Gasteiger partial charge is 0.466 e. The van der Waals surface area contributed by atoms with Gasteiger partial charge in [-0.15, -0.1) is 6.58 Å². The molecule has 0 spiro atoms. The summed E-state index contributed by atoms with van der Waals surface area (Å²) in [4.78, 5) is 10.7.